The third-order valence-electron chi connectivity index (χ3n) is 4.45. The van der Waals surface area contributed by atoms with E-state index in [1.807, 2.05) is 0 Å². The van der Waals surface area contributed by atoms with Crippen molar-refractivity contribution < 1.29 is 4.42 Å². The SMILES string of the molecule is CCCc1ccc(CN2CCN(C)C[C@@H]2c2ccccc2)o1. The maximum Gasteiger partial charge on any atom is 0.118 e. The Morgan fingerprint density at radius 2 is 1.82 bits per heavy atom. The molecule has 2 heterocycles. The minimum atomic E-state index is 0.444. The van der Waals surface area contributed by atoms with Gasteiger partial charge in [-0.25, -0.2) is 0 Å². The van der Waals surface area contributed by atoms with Gasteiger partial charge in [-0.1, -0.05) is 37.3 Å². The minimum Gasteiger partial charge on any atom is -0.465 e. The maximum atomic E-state index is 5.98. The van der Waals surface area contributed by atoms with Gasteiger partial charge >= 0.3 is 0 Å². The largest absolute Gasteiger partial charge is 0.465 e. The second-order valence-electron chi connectivity index (χ2n) is 6.28. The lowest BCUT2D eigenvalue weighted by molar-refractivity contribution is 0.0769. The summed E-state index contributed by atoms with van der Waals surface area (Å²) in [6, 6.07) is 15.5. The fourth-order valence-electron chi connectivity index (χ4n) is 3.23. The predicted molar refractivity (Wildman–Crippen MR) is 89.8 cm³/mol. The highest BCUT2D eigenvalue weighted by atomic mass is 16.3. The molecule has 0 amide bonds. The van der Waals surface area contributed by atoms with E-state index in [4.69, 9.17) is 4.42 Å². The molecule has 1 aliphatic heterocycles. The molecule has 118 valence electrons. The maximum absolute atomic E-state index is 5.98. The summed E-state index contributed by atoms with van der Waals surface area (Å²) < 4.78 is 5.98. The van der Waals surface area contributed by atoms with E-state index in [2.05, 4.69) is 66.2 Å². The Bertz CT molecular complexity index is 578. The van der Waals surface area contributed by atoms with Crippen molar-refractivity contribution in [3.05, 3.63) is 59.5 Å². The zero-order valence-corrected chi connectivity index (χ0v) is 13.7. The van der Waals surface area contributed by atoms with Crippen molar-refractivity contribution in [3.8, 4) is 0 Å². The number of nitrogens with zero attached hydrogens (tertiary/aromatic N) is 2. The Morgan fingerprint density at radius 3 is 2.59 bits per heavy atom. The Balaban J connectivity index is 1.74. The van der Waals surface area contributed by atoms with Gasteiger partial charge in [0.05, 0.1) is 6.54 Å². The van der Waals surface area contributed by atoms with Crippen LogP contribution in [0.5, 0.6) is 0 Å². The molecule has 1 fully saturated rings. The van der Waals surface area contributed by atoms with Crippen LogP contribution in [0.4, 0.5) is 0 Å². The van der Waals surface area contributed by atoms with Gasteiger partial charge in [-0.2, -0.15) is 0 Å². The normalized spacial score (nSPS) is 20.4. The van der Waals surface area contributed by atoms with E-state index in [1.54, 1.807) is 0 Å². The number of hydrogen-bond donors (Lipinski definition) is 0. The summed E-state index contributed by atoms with van der Waals surface area (Å²) in [4.78, 5) is 4.96. The van der Waals surface area contributed by atoms with Crippen LogP contribution in [0.2, 0.25) is 0 Å². The molecule has 0 N–H and O–H groups in total. The predicted octanol–water partition coefficient (Wildman–Crippen LogP) is 3.72. The van der Waals surface area contributed by atoms with Crippen LogP contribution in [0, 0.1) is 0 Å². The zero-order valence-electron chi connectivity index (χ0n) is 13.7. The molecule has 1 aromatic heterocycles. The topological polar surface area (TPSA) is 19.6 Å². The molecule has 0 bridgehead atoms. The molecule has 1 saturated heterocycles. The number of rotatable bonds is 5. The number of furan rings is 1. The number of hydrogen-bond acceptors (Lipinski definition) is 3. The standard InChI is InChI=1S/C19H26N2O/c1-3-7-17-10-11-18(22-17)14-21-13-12-20(2)15-19(21)16-8-5-4-6-9-16/h4-6,8-11,19H,3,7,12-15H2,1-2H3/t19-/m1/s1. The van der Waals surface area contributed by atoms with Crippen LogP contribution in [-0.4, -0.2) is 36.5 Å². The van der Waals surface area contributed by atoms with E-state index >= 15 is 0 Å². The number of likely N-dealkylation sites (N-methyl/N-ethyl adjacent to an activating group) is 1. The molecule has 3 rings (SSSR count). The van der Waals surface area contributed by atoms with Gasteiger partial charge in [0.2, 0.25) is 0 Å². The Hall–Kier alpha value is -1.58. The van der Waals surface area contributed by atoms with Crippen molar-refractivity contribution in [1.82, 2.24) is 9.80 Å². The first-order valence-electron chi connectivity index (χ1n) is 8.31. The summed E-state index contributed by atoms with van der Waals surface area (Å²) in [5.41, 5.74) is 1.40. The van der Waals surface area contributed by atoms with Crippen LogP contribution in [0.25, 0.3) is 0 Å². The van der Waals surface area contributed by atoms with Gasteiger partial charge in [0.1, 0.15) is 11.5 Å². The molecule has 0 spiro atoms. The monoisotopic (exact) mass is 298 g/mol. The minimum absolute atomic E-state index is 0.444. The molecule has 3 nitrogen and oxygen atoms in total. The lowest BCUT2D eigenvalue weighted by Gasteiger charge is -2.40. The molecule has 0 unspecified atom stereocenters. The van der Waals surface area contributed by atoms with Crippen molar-refractivity contribution in [1.29, 1.82) is 0 Å². The molecule has 2 aromatic rings. The quantitative estimate of drug-likeness (QED) is 0.839. The lowest BCUT2D eigenvalue weighted by atomic mass is 10.0. The van der Waals surface area contributed by atoms with Gasteiger partial charge in [0, 0.05) is 32.1 Å². The highest BCUT2D eigenvalue weighted by molar-refractivity contribution is 5.20. The summed E-state index contributed by atoms with van der Waals surface area (Å²) in [5.74, 6) is 2.21. The van der Waals surface area contributed by atoms with Crippen molar-refractivity contribution >= 4 is 0 Å². The van der Waals surface area contributed by atoms with Crippen molar-refractivity contribution in [2.24, 2.45) is 0 Å². The van der Waals surface area contributed by atoms with Crippen LogP contribution in [0.1, 0.15) is 36.5 Å². The van der Waals surface area contributed by atoms with E-state index in [1.165, 1.54) is 5.56 Å². The molecular formula is C19H26N2O. The third-order valence-corrected chi connectivity index (χ3v) is 4.45. The molecular weight excluding hydrogens is 272 g/mol. The summed E-state index contributed by atoms with van der Waals surface area (Å²) in [6.07, 6.45) is 2.17. The van der Waals surface area contributed by atoms with Gasteiger partial charge in [0.15, 0.2) is 0 Å². The molecule has 3 heteroatoms. The zero-order chi connectivity index (χ0) is 15.4. The second kappa shape index (κ2) is 7.12. The average molecular weight is 298 g/mol. The summed E-state index contributed by atoms with van der Waals surface area (Å²) in [7, 11) is 2.21. The van der Waals surface area contributed by atoms with Gasteiger partial charge in [-0.15, -0.1) is 0 Å². The van der Waals surface area contributed by atoms with Crippen LogP contribution < -0.4 is 0 Å². The van der Waals surface area contributed by atoms with Crippen molar-refractivity contribution in [2.75, 3.05) is 26.7 Å². The van der Waals surface area contributed by atoms with Gasteiger partial charge in [-0.3, -0.25) is 4.90 Å². The third kappa shape index (κ3) is 3.60. The van der Waals surface area contributed by atoms with Crippen LogP contribution >= 0.6 is 0 Å². The molecule has 1 aromatic carbocycles. The van der Waals surface area contributed by atoms with Crippen LogP contribution in [0.3, 0.4) is 0 Å². The molecule has 0 radical (unpaired) electrons. The fourth-order valence-corrected chi connectivity index (χ4v) is 3.23. The van der Waals surface area contributed by atoms with Crippen LogP contribution in [0.15, 0.2) is 46.9 Å². The Morgan fingerprint density at radius 1 is 1.05 bits per heavy atom. The van der Waals surface area contributed by atoms with E-state index < -0.39 is 0 Å². The lowest BCUT2D eigenvalue weighted by Crippen LogP contribution is -2.46. The van der Waals surface area contributed by atoms with Gasteiger partial charge in [0.25, 0.3) is 0 Å². The number of aryl methyl sites for hydroxylation is 1. The van der Waals surface area contributed by atoms with E-state index in [9.17, 15) is 0 Å². The summed E-state index contributed by atoms with van der Waals surface area (Å²) >= 11 is 0. The number of benzene rings is 1. The van der Waals surface area contributed by atoms with E-state index in [0.717, 1.165) is 50.5 Å². The smallest absolute Gasteiger partial charge is 0.118 e. The van der Waals surface area contributed by atoms with Crippen LogP contribution in [-0.2, 0) is 13.0 Å². The summed E-state index contributed by atoms with van der Waals surface area (Å²) in [5, 5.41) is 0. The Kier molecular flexibility index (Phi) is 4.96. The van der Waals surface area contributed by atoms with Crippen molar-refractivity contribution in [3.63, 3.8) is 0 Å². The molecule has 1 atom stereocenters. The second-order valence-corrected chi connectivity index (χ2v) is 6.28. The highest BCUT2D eigenvalue weighted by Gasteiger charge is 2.27. The highest BCUT2D eigenvalue weighted by Crippen LogP contribution is 2.27. The average Bonchev–Trinajstić information content (AvgIpc) is 2.98. The van der Waals surface area contributed by atoms with Gasteiger partial charge in [-0.05, 0) is 31.2 Å². The van der Waals surface area contributed by atoms with Gasteiger partial charge < -0.3 is 9.32 Å². The molecule has 1 aliphatic rings. The first-order chi connectivity index (χ1) is 10.8. The van der Waals surface area contributed by atoms with E-state index in [-0.39, 0.29) is 0 Å². The van der Waals surface area contributed by atoms with Crippen molar-refractivity contribution in [2.45, 2.75) is 32.4 Å². The first kappa shape index (κ1) is 15.3. The molecule has 0 aliphatic carbocycles. The Labute approximate surface area is 133 Å². The molecule has 22 heavy (non-hydrogen) atoms. The fraction of sp³-hybridized carbons (Fsp3) is 0.474. The summed E-state index contributed by atoms with van der Waals surface area (Å²) in [6.45, 7) is 6.36. The number of piperazine rings is 1. The first-order valence-corrected chi connectivity index (χ1v) is 8.31. The molecule has 0 saturated carbocycles. The van der Waals surface area contributed by atoms with E-state index in [0.29, 0.717) is 6.04 Å².